The summed E-state index contributed by atoms with van der Waals surface area (Å²) in [4.78, 5) is 24.7. The number of anilines is 1. The van der Waals surface area contributed by atoms with Gasteiger partial charge in [-0.25, -0.2) is 9.97 Å². The van der Waals surface area contributed by atoms with Crippen molar-refractivity contribution in [3.63, 3.8) is 0 Å². The molecule has 2 aliphatic carbocycles. The maximum atomic E-state index is 12.4. The van der Waals surface area contributed by atoms with Crippen LogP contribution in [0.15, 0.2) is 0 Å². The third-order valence-electron chi connectivity index (χ3n) is 7.24. The molecule has 0 unspecified atom stereocenters. The highest BCUT2D eigenvalue weighted by atomic mass is 16.1. The number of fused-ring (bicyclic) bond motifs is 1. The van der Waals surface area contributed by atoms with E-state index in [1.807, 2.05) is 0 Å². The Bertz CT molecular complexity index is 733. The monoisotopic (exact) mass is 383 g/mol. The molecule has 2 N–H and O–H groups in total. The molecule has 152 valence electrons. The zero-order chi connectivity index (χ0) is 19.0. The molecule has 0 atom stereocenters. The average molecular weight is 384 g/mol. The van der Waals surface area contributed by atoms with Crippen molar-refractivity contribution >= 4 is 11.7 Å². The Hall–Kier alpha value is -1.69. The fraction of sp³-hybridized carbons (Fsp3) is 0.773. The molecular formula is C22H33N5O. The van der Waals surface area contributed by atoms with Crippen molar-refractivity contribution in [2.45, 2.75) is 82.1 Å². The van der Waals surface area contributed by atoms with E-state index < -0.39 is 0 Å². The predicted molar refractivity (Wildman–Crippen MR) is 110 cm³/mol. The molecule has 1 aromatic rings. The Morgan fingerprint density at radius 3 is 2.54 bits per heavy atom. The van der Waals surface area contributed by atoms with E-state index in [0.29, 0.717) is 18.2 Å². The first-order valence-electron chi connectivity index (χ1n) is 11.4. The van der Waals surface area contributed by atoms with Gasteiger partial charge in [-0.05, 0) is 58.0 Å². The van der Waals surface area contributed by atoms with E-state index in [0.717, 1.165) is 43.0 Å². The van der Waals surface area contributed by atoms with Crippen LogP contribution in [0.4, 0.5) is 5.82 Å². The number of likely N-dealkylation sites (tertiary alicyclic amines) is 1. The molecule has 28 heavy (non-hydrogen) atoms. The molecule has 0 radical (unpaired) electrons. The van der Waals surface area contributed by atoms with Gasteiger partial charge in [-0.15, -0.1) is 0 Å². The van der Waals surface area contributed by atoms with E-state index >= 15 is 0 Å². The molecule has 1 saturated heterocycles. The minimum Gasteiger partial charge on any atom is -0.368 e. The van der Waals surface area contributed by atoms with E-state index in [1.54, 1.807) is 0 Å². The molecule has 3 heterocycles. The number of carbonyl (C=O) groups excluding carboxylic acids is 1. The predicted octanol–water partition coefficient (Wildman–Crippen LogP) is 3.24. The second-order valence-corrected chi connectivity index (χ2v) is 9.22. The highest BCUT2D eigenvalue weighted by Gasteiger charge is 2.39. The average Bonchev–Trinajstić information content (AvgIpc) is 3.59. The van der Waals surface area contributed by atoms with Crippen molar-refractivity contribution in [3.05, 3.63) is 17.1 Å². The SMILES string of the molecule is O=C1NCCc2c(NCC3(N4CCCCC4)CCCCC3)nc(C3CC3)nc21. The van der Waals surface area contributed by atoms with Crippen LogP contribution in [0.25, 0.3) is 0 Å². The molecule has 6 heteroatoms. The molecule has 4 aliphatic rings. The molecule has 3 fully saturated rings. The largest absolute Gasteiger partial charge is 0.368 e. The summed E-state index contributed by atoms with van der Waals surface area (Å²) in [5.74, 6) is 2.22. The normalized spacial score (nSPS) is 25.1. The number of amides is 1. The van der Waals surface area contributed by atoms with Crippen molar-refractivity contribution in [1.82, 2.24) is 20.2 Å². The van der Waals surface area contributed by atoms with E-state index in [9.17, 15) is 4.79 Å². The van der Waals surface area contributed by atoms with Gasteiger partial charge in [0, 0.05) is 30.1 Å². The van der Waals surface area contributed by atoms with Gasteiger partial charge in [0.1, 0.15) is 17.3 Å². The van der Waals surface area contributed by atoms with Crippen molar-refractivity contribution in [2.24, 2.45) is 0 Å². The number of nitrogens with one attached hydrogen (secondary N) is 2. The lowest BCUT2D eigenvalue weighted by Gasteiger charge is -2.48. The summed E-state index contributed by atoms with van der Waals surface area (Å²) >= 11 is 0. The second-order valence-electron chi connectivity index (χ2n) is 9.22. The summed E-state index contributed by atoms with van der Waals surface area (Å²) in [6, 6.07) is 0. The minimum atomic E-state index is -0.0305. The van der Waals surface area contributed by atoms with Gasteiger partial charge in [0.15, 0.2) is 0 Å². The number of piperidine rings is 1. The third-order valence-corrected chi connectivity index (χ3v) is 7.24. The fourth-order valence-corrected chi connectivity index (χ4v) is 5.41. The lowest BCUT2D eigenvalue weighted by atomic mass is 9.79. The molecule has 1 aromatic heterocycles. The van der Waals surface area contributed by atoms with E-state index in [2.05, 4.69) is 20.5 Å². The molecule has 2 aliphatic heterocycles. The van der Waals surface area contributed by atoms with Crippen LogP contribution in [0.2, 0.25) is 0 Å². The first kappa shape index (κ1) is 18.3. The standard InChI is InChI=1S/C22H33N5O/c28-21-18-17(9-12-23-21)20(26-19(25-18)16-7-8-16)24-15-22(10-3-1-4-11-22)27-13-5-2-6-14-27/h16H,1-15H2,(H,23,28)(H,24,25,26). The Labute approximate surface area is 167 Å². The van der Waals surface area contributed by atoms with Crippen LogP contribution in [0.3, 0.4) is 0 Å². The van der Waals surface area contributed by atoms with Crippen LogP contribution < -0.4 is 10.6 Å². The number of rotatable bonds is 5. The number of carbonyl (C=O) groups is 1. The first-order valence-corrected chi connectivity index (χ1v) is 11.4. The van der Waals surface area contributed by atoms with Gasteiger partial charge in [-0.2, -0.15) is 0 Å². The maximum Gasteiger partial charge on any atom is 0.270 e. The van der Waals surface area contributed by atoms with Crippen molar-refractivity contribution in [2.75, 3.05) is 31.5 Å². The topological polar surface area (TPSA) is 70.2 Å². The number of hydrogen-bond acceptors (Lipinski definition) is 5. The smallest absolute Gasteiger partial charge is 0.270 e. The Morgan fingerprint density at radius 1 is 1.04 bits per heavy atom. The quantitative estimate of drug-likeness (QED) is 0.817. The Balaban J connectivity index is 1.42. The summed E-state index contributed by atoms with van der Waals surface area (Å²) in [6.45, 7) is 4.10. The maximum absolute atomic E-state index is 12.4. The molecule has 2 saturated carbocycles. The van der Waals surface area contributed by atoms with Gasteiger partial charge in [0.05, 0.1) is 0 Å². The number of nitrogens with zero attached hydrogens (tertiary/aromatic N) is 3. The lowest BCUT2D eigenvalue weighted by Crippen LogP contribution is -2.56. The zero-order valence-corrected chi connectivity index (χ0v) is 16.9. The van der Waals surface area contributed by atoms with Crippen LogP contribution >= 0.6 is 0 Å². The van der Waals surface area contributed by atoms with Gasteiger partial charge in [-0.1, -0.05) is 25.7 Å². The van der Waals surface area contributed by atoms with Gasteiger partial charge in [0.2, 0.25) is 0 Å². The molecule has 0 aromatic carbocycles. The van der Waals surface area contributed by atoms with Crippen LogP contribution in [-0.4, -0.2) is 52.5 Å². The molecule has 0 bridgehead atoms. The van der Waals surface area contributed by atoms with Crippen molar-refractivity contribution < 1.29 is 4.79 Å². The van der Waals surface area contributed by atoms with Crippen LogP contribution in [-0.2, 0) is 6.42 Å². The highest BCUT2D eigenvalue weighted by molar-refractivity contribution is 5.96. The first-order chi connectivity index (χ1) is 13.8. The van der Waals surface area contributed by atoms with E-state index in [4.69, 9.17) is 4.98 Å². The van der Waals surface area contributed by atoms with Crippen LogP contribution in [0.5, 0.6) is 0 Å². The van der Waals surface area contributed by atoms with Crippen molar-refractivity contribution in [3.8, 4) is 0 Å². The van der Waals surface area contributed by atoms with Gasteiger partial charge in [-0.3, -0.25) is 9.69 Å². The molecular weight excluding hydrogens is 350 g/mol. The summed E-state index contributed by atoms with van der Waals surface area (Å²) in [5, 5.41) is 6.70. The summed E-state index contributed by atoms with van der Waals surface area (Å²) < 4.78 is 0. The summed E-state index contributed by atoms with van der Waals surface area (Å²) in [7, 11) is 0. The molecule has 6 nitrogen and oxygen atoms in total. The van der Waals surface area contributed by atoms with Gasteiger partial charge < -0.3 is 10.6 Å². The van der Waals surface area contributed by atoms with Crippen molar-refractivity contribution in [1.29, 1.82) is 0 Å². The van der Waals surface area contributed by atoms with Gasteiger partial charge in [0.25, 0.3) is 5.91 Å². The second kappa shape index (κ2) is 7.62. The van der Waals surface area contributed by atoms with Crippen LogP contribution in [0.1, 0.15) is 92.0 Å². The number of hydrogen-bond donors (Lipinski definition) is 2. The molecule has 0 spiro atoms. The lowest BCUT2D eigenvalue weighted by molar-refractivity contribution is 0.0436. The summed E-state index contributed by atoms with van der Waals surface area (Å²) in [6.07, 6.45) is 13.7. The minimum absolute atomic E-state index is 0.0305. The number of aromatic nitrogens is 2. The zero-order valence-electron chi connectivity index (χ0n) is 16.9. The Morgan fingerprint density at radius 2 is 1.79 bits per heavy atom. The van der Waals surface area contributed by atoms with E-state index in [-0.39, 0.29) is 11.4 Å². The molecule has 1 amide bonds. The highest BCUT2D eigenvalue weighted by Crippen LogP contribution is 2.40. The van der Waals surface area contributed by atoms with E-state index in [1.165, 1.54) is 64.5 Å². The Kier molecular flexibility index (Phi) is 4.99. The fourth-order valence-electron chi connectivity index (χ4n) is 5.41. The molecule has 5 rings (SSSR count). The summed E-state index contributed by atoms with van der Waals surface area (Å²) in [5.41, 5.74) is 1.90. The third kappa shape index (κ3) is 3.51. The van der Waals surface area contributed by atoms with Gasteiger partial charge >= 0.3 is 0 Å². The van der Waals surface area contributed by atoms with Crippen LogP contribution in [0, 0.1) is 0 Å².